The van der Waals surface area contributed by atoms with Gasteiger partial charge in [0.1, 0.15) is 0 Å². The third-order valence-electron chi connectivity index (χ3n) is 5.55. The minimum absolute atomic E-state index is 0.0132. The molecule has 3 nitrogen and oxygen atoms in total. The Morgan fingerprint density at radius 1 is 1.05 bits per heavy atom. The average Bonchev–Trinajstić information content (AvgIpc) is 2.57. The second-order valence-corrected chi connectivity index (χ2v) is 7.38. The van der Waals surface area contributed by atoms with Crippen molar-refractivity contribution in [3.05, 3.63) is 0 Å². The fraction of sp³-hybridized carbons (Fsp3) is 0.947. The normalized spacial score (nSPS) is 36.0. The molecule has 0 unspecified atom stereocenters. The molecule has 1 aliphatic carbocycles. The van der Waals surface area contributed by atoms with Crippen LogP contribution in [0.15, 0.2) is 0 Å². The average molecular weight is 307 g/mol. The van der Waals surface area contributed by atoms with Crippen LogP contribution >= 0.6 is 0 Å². The van der Waals surface area contributed by atoms with Gasteiger partial charge in [0.25, 0.3) is 0 Å². The summed E-state index contributed by atoms with van der Waals surface area (Å²) in [6.07, 6.45) is 11.5. The van der Waals surface area contributed by atoms with E-state index in [4.69, 9.17) is 9.47 Å². The van der Waals surface area contributed by atoms with Crippen LogP contribution in [0.25, 0.3) is 0 Å². The summed E-state index contributed by atoms with van der Waals surface area (Å²) >= 11 is 0. The topological polar surface area (TPSA) is 42.2 Å². The zero-order valence-electron chi connectivity index (χ0n) is 14.5. The van der Waals surface area contributed by atoms with Crippen molar-refractivity contribution < 1.29 is 9.47 Å². The number of hydrogen-bond donors (Lipinski definition) is 0. The number of hydrogen-bond acceptors (Lipinski definition) is 3. The quantitative estimate of drug-likeness (QED) is 0.618. The molecule has 1 saturated heterocycles. The van der Waals surface area contributed by atoms with Crippen LogP contribution < -0.4 is 0 Å². The van der Waals surface area contributed by atoms with E-state index in [1.807, 2.05) is 0 Å². The van der Waals surface area contributed by atoms with Gasteiger partial charge in [0.05, 0.1) is 24.7 Å². The Labute approximate surface area is 136 Å². The molecule has 22 heavy (non-hydrogen) atoms. The van der Waals surface area contributed by atoms with E-state index in [-0.39, 0.29) is 11.7 Å². The second kappa shape index (κ2) is 8.89. The predicted octanol–water partition coefficient (Wildman–Crippen LogP) is 5.06. The van der Waals surface area contributed by atoms with Crippen LogP contribution in [0, 0.1) is 28.6 Å². The van der Waals surface area contributed by atoms with Crippen molar-refractivity contribution in [2.75, 3.05) is 13.2 Å². The molecule has 0 spiro atoms. The first kappa shape index (κ1) is 17.8. The molecule has 0 radical (unpaired) electrons. The second-order valence-electron chi connectivity index (χ2n) is 7.38. The fourth-order valence-electron chi connectivity index (χ4n) is 4.04. The molecule has 126 valence electrons. The number of unbranched alkanes of at least 4 members (excludes halogenated alkanes) is 2. The van der Waals surface area contributed by atoms with Crippen molar-refractivity contribution in [2.45, 2.75) is 84.3 Å². The molecule has 0 amide bonds. The van der Waals surface area contributed by atoms with E-state index in [1.54, 1.807) is 0 Å². The van der Waals surface area contributed by atoms with Crippen LogP contribution in [-0.2, 0) is 9.47 Å². The van der Waals surface area contributed by atoms with Crippen molar-refractivity contribution in [2.24, 2.45) is 17.3 Å². The van der Waals surface area contributed by atoms with Gasteiger partial charge in [0.2, 0.25) is 0 Å². The predicted molar refractivity (Wildman–Crippen MR) is 88.2 cm³/mol. The maximum absolute atomic E-state index is 9.49. The Bertz CT molecular complexity index is 347. The minimum atomic E-state index is -0.0669. The molecule has 2 aliphatic rings. The molecule has 2 rings (SSSR count). The minimum Gasteiger partial charge on any atom is -0.352 e. The van der Waals surface area contributed by atoms with Gasteiger partial charge in [-0.2, -0.15) is 5.26 Å². The number of rotatable bonds is 7. The largest absolute Gasteiger partial charge is 0.352 e. The molecule has 0 aromatic rings. The van der Waals surface area contributed by atoms with Gasteiger partial charge in [-0.3, -0.25) is 0 Å². The van der Waals surface area contributed by atoms with E-state index in [9.17, 15) is 5.26 Å². The van der Waals surface area contributed by atoms with Crippen molar-refractivity contribution in [3.63, 3.8) is 0 Å². The number of nitriles is 1. The summed E-state index contributed by atoms with van der Waals surface area (Å²) in [7, 11) is 0. The summed E-state index contributed by atoms with van der Waals surface area (Å²) in [6, 6.07) is 2.60. The lowest BCUT2D eigenvalue weighted by Crippen LogP contribution is -2.40. The summed E-state index contributed by atoms with van der Waals surface area (Å²) in [5, 5.41) is 9.49. The third-order valence-corrected chi connectivity index (χ3v) is 5.55. The summed E-state index contributed by atoms with van der Waals surface area (Å²) in [5.41, 5.74) is -0.0669. The lowest BCUT2D eigenvalue weighted by Gasteiger charge is -2.40. The van der Waals surface area contributed by atoms with Crippen molar-refractivity contribution in [3.8, 4) is 6.07 Å². The van der Waals surface area contributed by atoms with Gasteiger partial charge in [-0.1, -0.05) is 39.5 Å². The SMILES string of the molecule is CCCCCC1COC([C@H]2CC[C@](C#N)(CCC)CC2)OC1. The van der Waals surface area contributed by atoms with Gasteiger partial charge in [-0.05, 0) is 38.5 Å². The number of ether oxygens (including phenoxy) is 2. The van der Waals surface area contributed by atoms with Gasteiger partial charge < -0.3 is 9.47 Å². The molecule has 0 aromatic carbocycles. The first-order valence-corrected chi connectivity index (χ1v) is 9.37. The highest BCUT2D eigenvalue weighted by Crippen LogP contribution is 2.44. The molecule has 0 atom stereocenters. The Hall–Kier alpha value is -0.590. The van der Waals surface area contributed by atoms with Gasteiger partial charge >= 0.3 is 0 Å². The number of nitrogens with zero attached hydrogens (tertiary/aromatic N) is 1. The molecule has 1 heterocycles. The van der Waals surface area contributed by atoms with Crippen molar-refractivity contribution in [1.82, 2.24) is 0 Å². The zero-order chi connectivity index (χ0) is 15.8. The van der Waals surface area contributed by atoms with Gasteiger partial charge in [0, 0.05) is 11.8 Å². The van der Waals surface area contributed by atoms with Crippen LogP contribution in [-0.4, -0.2) is 19.5 Å². The van der Waals surface area contributed by atoms with Crippen LogP contribution in [0.5, 0.6) is 0 Å². The molecule has 1 aliphatic heterocycles. The highest BCUT2D eigenvalue weighted by atomic mass is 16.7. The van der Waals surface area contributed by atoms with Crippen LogP contribution in [0.1, 0.15) is 78.1 Å². The van der Waals surface area contributed by atoms with Gasteiger partial charge in [-0.15, -0.1) is 0 Å². The summed E-state index contributed by atoms with van der Waals surface area (Å²) < 4.78 is 12.0. The zero-order valence-corrected chi connectivity index (χ0v) is 14.5. The Morgan fingerprint density at radius 3 is 2.27 bits per heavy atom. The molecular formula is C19H33NO2. The maximum atomic E-state index is 9.49. The van der Waals surface area contributed by atoms with E-state index in [0.29, 0.717) is 11.8 Å². The summed E-state index contributed by atoms with van der Waals surface area (Å²) in [4.78, 5) is 0. The first-order valence-electron chi connectivity index (χ1n) is 9.37. The van der Waals surface area contributed by atoms with E-state index in [0.717, 1.165) is 51.7 Å². The lowest BCUT2D eigenvalue weighted by molar-refractivity contribution is -0.231. The van der Waals surface area contributed by atoms with E-state index >= 15 is 0 Å². The summed E-state index contributed by atoms with van der Waals surface area (Å²) in [5.74, 6) is 1.08. The Kier molecular flexibility index (Phi) is 7.18. The van der Waals surface area contributed by atoms with Gasteiger partial charge in [-0.25, -0.2) is 0 Å². The standard InChI is InChI=1S/C19H33NO2/c1-3-5-6-7-16-13-21-18(22-14-16)17-8-11-19(15-20,10-4-2)12-9-17/h16-18H,3-14H2,1-2H3/t16?,17-,18?,19+. The van der Waals surface area contributed by atoms with E-state index in [2.05, 4.69) is 19.9 Å². The van der Waals surface area contributed by atoms with E-state index < -0.39 is 0 Å². The summed E-state index contributed by atoms with van der Waals surface area (Å²) in [6.45, 7) is 6.15. The molecule has 1 saturated carbocycles. The van der Waals surface area contributed by atoms with Crippen LogP contribution in [0.3, 0.4) is 0 Å². The third kappa shape index (κ3) is 4.70. The molecule has 3 heteroatoms. The van der Waals surface area contributed by atoms with Gasteiger partial charge in [0.15, 0.2) is 6.29 Å². The highest BCUT2D eigenvalue weighted by Gasteiger charge is 2.39. The van der Waals surface area contributed by atoms with Crippen LogP contribution in [0.2, 0.25) is 0 Å². The molecule has 2 fully saturated rings. The maximum Gasteiger partial charge on any atom is 0.160 e. The van der Waals surface area contributed by atoms with Crippen molar-refractivity contribution in [1.29, 1.82) is 5.26 Å². The first-order chi connectivity index (χ1) is 10.7. The van der Waals surface area contributed by atoms with E-state index in [1.165, 1.54) is 25.7 Å². The fourth-order valence-corrected chi connectivity index (χ4v) is 4.04. The molecule has 0 N–H and O–H groups in total. The molecule has 0 bridgehead atoms. The molecule has 0 aromatic heterocycles. The Balaban J connectivity index is 1.71. The van der Waals surface area contributed by atoms with Crippen molar-refractivity contribution >= 4 is 0 Å². The smallest absolute Gasteiger partial charge is 0.160 e. The van der Waals surface area contributed by atoms with Crippen LogP contribution in [0.4, 0.5) is 0 Å². The highest BCUT2D eigenvalue weighted by molar-refractivity contribution is 5.01. The monoisotopic (exact) mass is 307 g/mol. The molecular weight excluding hydrogens is 274 g/mol. The lowest BCUT2D eigenvalue weighted by atomic mass is 9.69. The Morgan fingerprint density at radius 2 is 1.73 bits per heavy atom.